The molecule has 0 aliphatic carbocycles. The van der Waals surface area contributed by atoms with E-state index in [-0.39, 0.29) is 0 Å². The van der Waals surface area contributed by atoms with Crippen molar-refractivity contribution in [1.29, 1.82) is 0 Å². The van der Waals surface area contributed by atoms with Gasteiger partial charge in [-0.2, -0.15) is 0 Å². The van der Waals surface area contributed by atoms with E-state index in [1.165, 1.54) is 5.56 Å². The number of benzene rings is 1. The maximum Gasteiger partial charge on any atom is 0.162 e. The highest BCUT2D eigenvalue weighted by Gasteiger charge is 2.13. The lowest BCUT2D eigenvalue weighted by atomic mass is 10.1. The molecule has 102 valence electrons. The van der Waals surface area contributed by atoms with Gasteiger partial charge in [0.15, 0.2) is 11.5 Å². The molecule has 0 fully saturated rings. The predicted molar refractivity (Wildman–Crippen MR) is 75.8 cm³/mol. The molecule has 0 amide bonds. The number of anilines is 1. The molecule has 1 unspecified atom stereocenters. The van der Waals surface area contributed by atoms with Crippen molar-refractivity contribution >= 4 is 5.69 Å². The van der Waals surface area contributed by atoms with Crippen LogP contribution in [0.1, 0.15) is 12.5 Å². The molecule has 4 heteroatoms. The van der Waals surface area contributed by atoms with Crippen molar-refractivity contribution in [2.24, 2.45) is 11.7 Å². The monoisotopic (exact) mass is 252 g/mol. The Hall–Kier alpha value is -1.42. The molecular weight excluding hydrogens is 228 g/mol. The summed E-state index contributed by atoms with van der Waals surface area (Å²) >= 11 is 0. The van der Waals surface area contributed by atoms with Crippen molar-refractivity contribution in [3.63, 3.8) is 0 Å². The van der Waals surface area contributed by atoms with Crippen LogP contribution in [0.15, 0.2) is 12.1 Å². The van der Waals surface area contributed by atoms with E-state index in [2.05, 4.69) is 25.8 Å². The zero-order valence-electron chi connectivity index (χ0n) is 12.0. The summed E-state index contributed by atoms with van der Waals surface area (Å²) in [5.74, 6) is 1.98. The van der Waals surface area contributed by atoms with Crippen molar-refractivity contribution in [2.45, 2.75) is 13.8 Å². The van der Waals surface area contributed by atoms with Crippen LogP contribution in [0.5, 0.6) is 11.5 Å². The van der Waals surface area contributed by atoms with Crippen LogP contribution in [0.25, 0.3) is 0 Å². The molecule has 0 aromatic heterocycles. The number of methoxy groups -OCH3 is 2. The van der Waals surface area contributed by atoms with E-state index < -0.39 is 0 Å². The molecule has 0 aliphatic rings. The molecule has 1 aromatic rings. The summed E-state index contributed by atoms with van der Waals surface area (Å²) in [6.07, 6.45) is 0. The summed E-state index contributed by atoms with van der Waals surface area (Å²) in [6, 6.07) is 4.01. The summed E-state index contributed by atoms with van der Waals surface area (Å²) in [5.41, 5.74) is 7.98. The fourth-order valence-corrected chi connectivity index (χ4v) is 2.02. The van der Waals surface area contributed by atoms with Gasteiger partial charge < -0.3 is 20.1 Å². The Morgan fingerprint density at radius 3 is 2.28 bits per heavy atom. The van der Waals surface area contributed by atoms with Gasteiger partial charge in [-0.15, -0.1) is 0 Å². The lowest BCUT2D eigenvalue weighted by Gasteiger charge is -2.25. The molecular formula is C14H24N2O2. The van der Waals surface area contributed by atoms with E-state index in [4.69, 9.17) is 15.2 Å². The van der Waals surface area contributed by atoms with Crippen LogP contribution in [-0.4, -0.2) is 34.4 Å². The predicted octanol–water partition coefficient (Wildman–Crippen LogP) is 2.04. The van der Waals surface area contributed by atoms with E-state index in [9.17, 15) is 0 Å². The summed E-state index contributed by atoms with van der Waals surface area (Å²) in [5, 5.41) is 0. The number of hydrogen-bond donors (Lipinski definition) is 1. The van der Waals surface area contributed by atoms with Crippen LogP contribution in [0.3, 0.4) is 0 Å². The Morgan fingerprint density at radius 1 is 1.22 bits per heavy atom. The van der Waals surface area contributed by atoms with E-state index in [1.807, 2.05) is 12.1 Å². The fraction of sp³-hybridized carbons (Fsp3) is 0.571. The number of hydrogen-bond acceptors (Lipinski definition) is 4. The van der Waals surface area contributed by atoms with Gasteiger partial charge >= 0.3 is 0 Å². The molecule has 1 aromatic carbocycles. The van der Waals surface area contributed by atoms with Crippen molar-refractivity contribution < 1.29 is 9.47 Å². The van der Waals surface area contributed by atoms with Gasteiger partial charge in [0.1, 0.15) is 0 Å². The Labute approximate surface area is 110 Å². The van der Waals surface area contributed by atoms with Gasteiger partial charge in [-0.1, -0.05) is 6.92 Å². The third kappa shape index (κ3) is 3.29. The third-order valence-corrected chi connectivity index (χ3v) is 3.10. The van der Waals surface area contributed by atoms with Gasteiger partial charge in [0.25, 0.3) is 0 Å². The summed E-state index contributed by atoms with van der Waals surface area (Å²) < 4.78 is 10.6. The first-order chi connectivity index (χ1) is 8.53. The minimum atomic E-state index is 0.461. The minimum absolute atomic E-state index is 0.461. The number of nitrogens with two attached hydrogens (primary N) is 1. The summed E-state index contributed by atoms with van der Waals surface area (Å²) in [7, 11) is 5.37. The molecule has 0 saturated heterocycles. The van der Waals surface area contributed by atoms with Gasteiger partial charge in [-0.3, -0.25) is 0 Å². The van der Waals surface area contributed by atoms with Crippen LogP contribution in [0, 0.1) is 12.8 Å². The number of ether oxygens (including phenoxy) is 2. The first-order valence-corrected chi connectivity index (χ1v) is 6.17. The Morgan fingerprint density at radius 2 is 1.78 bits per heavy atom. The Bertz CT molecular complexity index is 394. The molecule has 0 spiro atoms. The van der Waals surface area contributed by atoms with Gasteiger partial charge in [-0.25, -0.2) is 0 Å². The lowest BCUT2D eigenvalue weighted by Crippen LogP contribution is -2.28. The van der Waals surface area contributed by atoms with E-state index >= 15 is 0 Å². The average molecular weight is 252 g/mol. The number of nitrogens with zero attached hydrogens (tertiary/aromatic N) is 1. The smallest absolute Gasteiger partial charge is 0.162 e. The van der Waals surface area contributed by atoms with Crippen molar-refractivity contribution in [3.05, 3.63) is 17.7 Å². The largest absolute Gasteiger partial charge is 0.493 e. The highest BCUT2D eigenvalue weighted by molar-refractivity contribution is 5.61. The van der Waals surface area contributed by atoms with Crippen molar-refractivity contribution in [1.82, 2.24) is 0 Å². The normalized spacial score (nSPS) is 12.1. The van der Waals surface area contributed by atoms with Crippen LogP contribution in [-0.2, 0) is 0 Å². The topological polar surface area (TPSA) is 47.7 Å². The Balaban J connectivity index is 3.01. The first-order valence-electron chi connectivity index (χ1n) is 6.17. The second-order valence-electron chi connectivity index (χ2n) is 4.72. The molecule has 1 atom stereocenters. The number of rotatable bonds is 6. The maximum atomic E-state index is 5.67. The van der Waals surface area contributed by atoms with E-state index in [1.54, 1.807) is 14.2 Å². The molecule has 0 aliphatic heterocycles. The summed E-state index contributed by atoms with van der Waals surface area (Å²) in [4.78, 5) is 2.20. The van der Waals surface area contributed by atoms with Gasteiger partial charge in [0.05, 0.1) is 14.2 Å². The third-order valence-electron chi connectivity index (χ3n) is 3.10. The summed E-state index contributed by atoms with van der Waals surface area (Å²) in [6.45, 7) is 5.83. The molecule has 2 N–H and O–H groups in total. The van der Waals surface area contributed by atoms with Crippen LogP contribution in [0.2, 0.25) is 0 Å². The van der Waals surface area contributed by atoms with E-state index in [0.29, 0.717) is 12.5 Å². The van der Waals surface area contributed by atoms with E-state index in [0.717, 1.165) is 23.7 Å². The second kappa shape index (κ2) is 6.50. The van der Waals surface area contributed by atoms with Crippen molar-refractivity contribution in [3.8, 4) is 11.5 Å². The molecule has 0 saturated carbocycles. The first kappa shape index (κ1) is 14.6. The molecule has 1 rings (SSSR count). The Kier molecular flexibility index (Phi) is 5.28. The zero-order chi connectivity index (χ0) is 13.7. The molecule has 18 heavy (non-hydrogen) atoms. The SMILES string of the molecule is COc1cc(C)c(N(C)CC(C)CN)cc1OC. The quantitative estimate of drug-likeness (QED) is 0.841. The standard InChI is InChI=1S/C14H24N2O2/c1-10(8-15)9-16(3)12-7-14(18-5)13(17-4)6-11(12)2/h6-7,10H,8-9,15H2,1-5H3. The van der Waals surface area contributed by atoms with Crippen molar-refractivity contribution in [2.75, 3.05) is 39.3 Å². The van der Waals surface area contributed by atoms with Gasteiger partial charge in [-0.05, 0) is 31.0 Å². The fourth-order valence-electron chi connectivity index (χ4n) is 2.02. The van der Waals surface area contributed by atoms with Crippen LogP contribution in [0.4, 0.5) is 5.69 Å². The minimum Gasteiger partial charge on any atom is -0.493 e. The highest BCUT2D eigenvalue weighted by atomic mass is 16.5. The average Bonchev–Trinajstić information content (AvgIpc) is 2.37. The maximum absolute atomic E-state index is 5.67. The van der Waals surface area contributed by atoms with Gasteiger partial charge in [0, 0.05) is 25.3 Å². The molecule has 0 bridgehead atoms. The molecule has 0 heterocycles. The van der Waals surface area contributed by atoms with Crippen LogP contribution >= 0.6 is 0 Å². The van der Waals surface area contributed by atoms with Crippen LogP contribution < -0.4 is 20.1 Å². The highest BCUT2D eigenvalue weighted by Crippen LogP contribution is 2.34. The lowest BCUT2D eigenvalue weighted by molar-refractivity contribution is 0.354. The molecule has 0 radical (unpaired) electrons. The zero-order valence-corrected chi connectivity index (χ0v) is 12.0. The second-order valence-corrected chi connectivity index (χ2v) is 4.72. The van der Waals surface area contributed by atoms with Gasteiger partial charge in [0.2, 0.25) is 0 Å². The number of aryl methyl sites for hydroxylation is 1. The molecule has 4 nitrogen and oxygen atoms in total.